The zero-order chi connectivity index (χ0) is 13.6. The molecule has 4 heteroatoms. The normalized spacial score (nSPS) is 18.7. The lowest BCUT2D eigenvalue weighted by atomic mass is 9.93. The SMILES string of the molecule is CC(C)(c1ccc(C2(CN)CC2)cc1)S(C)(=O)=O. The second kappa shape index (κ2) is 4.07. The Morgan fingerprint density at radius 3 is 2.06 bits per heavy atom. The average molecular weight is 267 g/mol. The van der Waals surface area contributed by atoms with E-state index in [4.69, 9.17) is 5.73 Å². The zero-order valence-electron chi connectivity index (χ0n) is 11.2. The Bertz CT molecular complexity index is 540. The van der Waals surface area contributed by atoms with E-state index in [-0.39, 0.29) is 5.41 Å². The monoisotopic (exact) mass is 267 g/mol. The van der Waals surface area contributed by atoms with Gasteiger partial charge < -0.3 is 5.73 Å². The Labute approximate surface area is 109 Å². The minimum Gasteiger partial charge on any atom is -0.330 e. The first-order valence-electron chi connectivity index (χ1n) is 6.24. The van der Waals surface area contributed by atoms with Crippen molar-refractivity contribution in [2.24, 2.45) is 5.73 Å². The molecule has 1 aliphatic rings. The number of benzene rings is 1. The molecule has 18 heavy (non-hydrogen) atoms. The summed E-state index contributed by atoms with van der Waals surface area (Å²) in [7, 11) is -3.12. The van der Waals surface area contributed by atoms with Crippen LogP contribution in [0.1, 0.15) is 37.8 Å². The molecule has 1 saturated carbocycles. The summed E-state index contributed by atoms with van der Waals surface area (Å²) < 4.78 is 22.7. The molecule has 0 amide bonds. The van der Waals surface area contributed by atoms with E-state index in [1.54, 1.807) is 13.8 Å². The first-order chi connectivity index (χ1) is 8.23. The Kier molecular flexibility index (Phi) is 3.06. The van der Waals surface area contributed by atoms with Crippen LogP contribution in [0.25, 0.3) is 0 Å². The predicted molar refractivity (Wildman–Crippen MR) is 74.3 cm³/mol. The molecule has 0 aromatic heterocycles. The van der Waals surface area contributed by atoms with Gasteiger partial charge in [0.05, 0.1) is 4.75 Å². The second-order valence-electron chi connectivity index (χ2n) is 5.84. The molecule has 0 saturated heterocycles. The van der Waals surface area contributed by atoms with Crippen LogP contribution in [0.4, 0.5) is 0 Å². The van der Waals surface area contributed by atoms with E-state index in [1.807, 2.05) is 24.3 Å². The van der Waals surface area contributed by atoms with Crippen LogP contribution >= 0.6 is 0 Å². The number of sulfone groups is 1. The molecule has 2 rings (SSSR count). The van der Waals surface area contributed by atoms with Gasteiger partial charge in [-0.25, -0.2) is 8.42 Å². The van der Waals surface area contributed by atoms with Crippen molar-refractivity contribution in [3.63, 3.8) is 0 Å². The summed E-state index contributed by atoms with van der Waals surface area (Å²) in [6.07, 6.45) is 3.56. The molecule has 0 heterocycles. The quantitative estimate of drug-likeness (QED) is 0.907. The molecular formula is C14H21NO2S. The van der Waals surface area contributed by atoms with Crippen molar-refractivity contribution >= 4 is 9.84 Å². The fourth-order valence-corrected chi connectivity index (χ4v) is 2.77. The molecule has 0 atom stereocenters. The van der Waals surface area contributed by atoms with Crippen LogP contribution in [0.5, 0.6) is 0 Å². The molecule has 100 valence electrons. The molecule has 0 bridgehead atoms. The molecule has 0 aliphatic heterocycles. The van der Waals surface area contributed by atoms with Crippen molar-refractivity contribution in [3.8, 4) is 0 Å². The Morgan fingerprint density at radius 1 is 1.22 bits per heavy atom. The van der Waals surface area contributed by atoms with Gasteiger partial charge in [-0.3, -0.25) is 0 Å². The highest BCUT2D eigenvalue weighted by molar-refractivity contribution is 7.91. The maximum Gasteiger partial charge on any atom is 0.156 e. The van der Waals surface area contributed by atoms with Crippen LogP contribution in [0.2, 0.25) is 0 Å². The standard InChI is InChI=1S/C14H21NO2S/c1-13(2,18(3,16)17)11-4-6-12(7-5-11)14(10-15)8-9-14/h4-7H,8-10,15H2,1-3H3. The number of hydrogen-bond donors (Lipinski definition) is 1. The predicted octanol–water partition coefficient (Wildman–Crippen LogP) is 1.96. The molecular weight excluding hydrogens is 246 g/mol. The lowest BCUT2D eigenvalue weighted by Crippen LogP contribution is -2.28. The van der Waals surface area contributed by atoms with E-state index in [0.29, 0.717) is 6.54 Å². The fourth-order valence-electron chi connectivity index (χ4n) is 2.20. The maximum atomic E-state index is 11.8. The second-order valence-corrected chi connectivity index (χ2v) is 8.41. The summed E-state index contributed by atoms with van der Waals surface area (Å²) in [5.41, 5.74) is 8.03. The Morgan fingerprint density at radius 2 is 1.72 bits per heavy atom. The van der Waals surface area contributed by atoms with Crippen molar-refractivity contribution in [1.29, 1.82) is 0 Å². The largest absolute Gasteiger partial charge is 0.330 e. The Balaban J connectivity index is 2.34. The lowest BCUT2D eigenvalue weighted by Gasteiger charge is -2.24. The topological polar surface area (TPSA) is 60.2 Å². The lowest BCUT2D eigenvalue weighted by molar-refractivity contribution is 0.561. The van der Waals surface area contributed by atoms with Crippen LogP contribution in [0.15, 0.2) is 24.3 Å². The third-order valence-corrected chi connectivity index (χ3v) is 6.45. The van der Waals surface area contributed by atoms with Crippen molar-refractivity contribution in [1.82, 2.24) is 0 Å². The molecule has 1 aromatic carbocycles. The van der Waals surface area contributed by atoms with Gasteiger partial charge in [0, 0.05) is 18.2 Å². The van der Waals surface area contributed by atoms with Gasteiger partial charge in [0.25, 0.3) is 0 Å². The van der Waals surface area contributed by atoms with Crippen LogP contribution in [0.3, 0.4) is 0 Å². The highest BCUT2D eigenvalue weighted by atomic mass is 32.2. The van der Waals surface area contributed by atoms with Gasteiger partial charge in [-0.05, 0) is 37.8 Å². The first kappa shape index (κ1) is 13.6. The summed E-state index contributed by atoms with van der Waals surface area (Å²) in [4.78, 5) is 0. The van der Waals surface area contributed by atoms with Gasteiger partial charge in [0.1, 0.15) is 0 Å². The molecule has 3 nitrogen and oxygen atoms in total. The smallest absolute Gasteiger partial charge is 0.156 e. The summed E-state index contributed by atoms with van der Waals surface area (Å²) in [5.74, 6) is 0. The molecule has 2 N–H and O–H groups in total. The van der Waals surface area contributed by atoms with E-state index in [2.05, 4.69) is 0 Å². The third-order valence-electron chi connectivity index (χ3n) is 4.36. The van der Waals surface area contributed by atoms with E-state index in [9.17, 15) is 8.42 Å². The van der Waals surface area contributed by atoms with Crippen molar-refractivity contribution in [3.05, 3.63) is 35.4 Å². The zero-order valence-corrected chi connectivity index (χ0v) is 12.0. The van der Waals surface area contributed by atoms with Crippen LogP contribution < -0.4 is 5.73 Å². The highest BCUT2D eigenvalue weighted by Crippen LogP contribution is 2.47. The van der Waals surface area contributed by atoms with Crippen LogP contribution in [-0.2, 0) is 20.0 Å². The molecule has 0 spiro atoms. The van der Waals surface area contributed by atoms with Crippen molar-refractivity contribution in [2.75, 3.05) is 12.8 Å². The minimum atomic E-state index is -3.12. The molecule has 1 aromatic rings. The van der Waals surface area contributed by atoms with Gasteiger partial charge in [-0.2, -0.15) is 0 Å². The van der Waals surface area contributed by atoms with Crippen molar-refractivity contribution < 1.29 is 8.42 Å². The summed E-state index contributed by atoms with van der Waals surface area (Å²) >= 11 is 0. The van der Waals surface area contributed by atoms with Gasteiger partial charge in [-0.15, -0.1) is 0 Å². The van der Waals surface area contributed by atoms with Gasteiger partial charge in [0.2, 0.25) is 0 Å². The number of nitrogens with two attached hydrogens (primary N) is 1. The Hall–Kier alpha value is -0.870. The third kappa shape index (κ3) is 2.08. The van der Waals surface area contributed by atoms with Crippen LogP contribution in [-0.4, -0.2) is 21.2 Å². The van der Waals surface area contributed by atoms with E-state index >= 15 is 0 Å². The summed E-state index contributed by atoms with van der Waals surface area (Å²) in [6, 6.07) is 7.91. The van der Waals surface area contributed by atoms with E-state index < -0.39 is 14.6 Å². The fraction of sp³-hybridized carbons (Fsp3) is 0.571. The van der Waals surface area contributed by atoms with Gasteiger partial charge in [-0.1, -0.05) is 24.3 Å². The maximum absolute atomic E-state index is 11.8. The molecule has 1 aliphatic carbocycles. The minimum absolute atomic E-state index is 0.160. The molecule has 0 unspecified atom stereocenters. The molecule has 1 fully saturated rings. The van der Waals surface area contributed by atoms with Crippen molar-refractivity contribution in [2.45, 2.75) is 36.9 Å². The van der Waals surface area contributed by atoms with Crippen LogP contribution in [0, 0.1) is 0 Å². The van der Waals surface area contributed by atoms with E-state index in [1.165, 1.54) is 11.8 Å². The average Bonchev–Trinajstić information content (AvgIpc) is 3.08. The van der Waals surface area contributed by atoms with E-state index in [0.717, 1.165) is 18.4 Å². The summed E-state index contributed by atoms with van der Waals surface area (Å²) in [5, 5.41) is 0. The number of rotatable bonds is 4. The van der Waals surface area contributed by atoms with Gasteiger partial charge >= 0.3 is 0 Å². The first-order valence-corrected chi connectivity index (χ1v) is 8.13. The summed E-state index contributed by atoms with van der Waals surface area (Å²) in [6.45, 7) is 4.15. The van der Waals surface area contributed by atoms with Gasteiger partial charge in [0.15, 0.2) is 9.84 Å². The molecule has 0 radical (unpaired) electrons. The number of hydrogen-bond acceptors (Lipinski definition) is 3. The highest BCUT2D eigenvalue weighted by Gasteiger charge is 2.43.